The van der Waals surface area contributed by atoms with E-state index in [4.69, 9.17) is 23.7 Å². The molecule has 5 rings (SSSR count). The van der Waals surface area contributed by atoms with Crippen LogP contribution in [-0.2, 0) is 44.5 Å². The number of ether oxygens (including phenoxy) is 5. The quantitative estimate of drug-likeness (QED) is 0.123. The number of nitrogens with zero attached hydrogens (tertiary/aromatic N) is 4. The molecule has 0 spiro atoms. The topological polar surface area (TPSA) is 208 Å². The Balaban J connectivity index is 1.49. The number of benzene rings is 1. The van der Waals surface area contributed by atoms with Crippen molar-refractivity contribution in [2.24, 2.45) is 23.7 Å². The molecule has 0 aliphatic carbocycles. The molecule has 17 heteroatoms. The van der Waals surface area contributed by atoms with Crippen molar-refractivity contribution in [2.45, 2.75) is 142 Å². The zero-order chi connectivity index (χ0) is 45.7. The van der Waals surface area contributed by atoms with Gasteiger partial charge in [0.05, 0.1) is 12.1 Å². The Morgan fingerprint density at radius 1 is 0.984 bits per heavy atom. The summed E-state index contributed by atoms with van der Waals surface area (Å²) in [6, 6.07) is 8.29. The van der Waals surface area contributed by atoms with E-state index in [1.807, 2.05) is 57.1 Å². The first kappa shape index (κ1) is 48.5. The van der Waals surface area contributed by atoms with Crippen molar-refractivity contribution in [1.82, 2.24) is 30.6 Å². The number of likely N-dealkylation sites (N-methyl/N-ethyl adjacent to an activating group) is 2. The Kier molecular flexibility index (Phi) is 15.9. The molecule has 2 aromatic rings. The summed E-state index contributed by atoms with van der Waals surface area (Å²) in [5, 5.41) is 16.1. The number of nitrogens with one attached hydrogen (secondary N) is 2. The summed E-state index contributed by atoms with van der Waals surface area (Å²) >= 11 is 0. The Morgan fingerprint density at radius 2 is 1.65 bits per heavy atom. The number of fused-ring (bicyclic) bond motifs is 1. The van der Waals surface area contributed by atoms with E-state index < -0.39 is 89.5 Å². The molecule has 0 unspecified atom stereocenters. The van der Waals surface area contributed by atoms with Crippen LogP contribution in [-0.4, -0.2) is 136 Å². The highest BCUT2D eigenvalue weighted by atomic mass is 16.7. The Labute approximate surface area is 364 Å². The van der Waals surface area contributed by atoms with E-state index in [0.717, 1.165) is 11.1 Å². The van der Waals surface area contributed by atoms with Gasteiger partial charge in [0.1, 0.15) is 35.6 Å². The third kappa shape index (κ3) is 10.8. The lowest BCUT2D eigenvalue weighted by molar-refractivity contribution is -0.292. The number of esters is 1. The smallest absolute Gasteiger partial charge is 0.422 e. The molecule has 3 aliphatic heterocycles. The van der Waals surface area contributed by atoms with Gasteiger partial charge in [0, 0.05) is 54.8 Å². The molecule has 0 bridgehead atoms. The number of carbonyl (C=O) groups excluding carboxylic acids is 5. The van der Waals surface area contributed by atoms with Gasteiger partial charge < -0.3 is 39.0 Å². The third-order valence-corrected chi connectivity index (χ3v) is 12.9. The molecule has 0 radical (unpaired) electrons. The monoisotopic (exact) mass is 866 g/mol. The fraction of sp³-hybridized carbons (Fsp3) is 0.667. The lowest BCUT2D eigenvalue weighted by Gasteiger charge is -2.47. The minimum absolute atomic E-state index is 0.154. The van der Waals surface area contributed by atoms with Gasteiger partial charge >= 0.3 is 18.2 Å². The number of rotatable bonds is 11. The normalized spacial score (nSPS) is 34.8. The first-order valence-corrected chi connectivity index (χ1v) is 21.8. The van der Waals surface area contributed by atoms with Crippen LogP contribution in [0, 0.1) is 23.7 Å². The molecule has 62 heavy (non-hydrogen) atoms. The second kappa shape index (κ2) is 20.3. The van der Waals surface area contributed by atoms with Gasteiger partial charge in [-0.05, 0) is 79.1 Å². The van der Waals surface area contributed by atoms with Gasteiger partial charge in [0.25, 0.3) is 0 Å². The van der Waals surface area contributed by atoms with Crippen molar-refractivity contribution in [2.75, 3.05) is 27.2 Å². The van der Waals surface area contributed by atoms with Gasteiger partial charge in [0.15, 0.2) is 23.5 Å². The number of alkyl carbamates (subject to hydrolysis) is 1. The number of carbonyl (C=O) groups is 5. The van der Waals surface area contributed by atoms with Gasteiger partial charge in [-0.2, -0.15) is 0 Å². The van der Waals surface area contributed by atoms with Crippen LogP contribution < -0.4 is 10.7 Å². The summed E-state index contributed by atoms with van der Waals surface area (Å²) in [5.41, 5.74) is 1.51. The maximum absolute atomic E-state index is 14.5. The minimum Gasteiger partial charge on any atom is -0.458 e. The third-order valence-electron chi connectivity index (χ3n) is 12.9. The summed E-state index contributed by atoms with van der Waals surface area (Å²) in [4.78, 5) is 80.4. The van der Waals surface area contributed by atoms with Crippen molar-refractivity contribution >= 4 is 29.7 Å². The molecule has 3 N–H and O–H groups in total. The van der Waals surface area contributed by atoms with Crippen molar-refractivity contribution in [3.63, 3.8) is 0 Å². The Morgan fingerprint density at radius 3 is 2.26 bits per heavy atom. The minimum atomic E-state index is -1.77. The molecule has 0 saturated carbocycles. The highest BCUT2D eigenvalue weighted by Crippen LogP contribution is 2.40. The largest absolute Gasteiger partial charge is 0.458 e. The van der Waals surface area contributed by atoms with E-state index in [2.05, 4.69) is 20.7 Å². The predicted octanol–water partition coefficient (Wildman–Crippen LogP) is 4.49. The molecular formula is C45H66N6O11. The molecular weight excluding hydrogens is 801 g/mol. The Hall–Kier alpha value is -4.55. The second-order valence-corrected chi connectivity index (χ2v) is 17.8. The fourth-order valence-electron chi connectivity index (χ4n) is 9.27. The molecule has 3 saturated heterocycles. The van der Waals surface area contributed by atoms with Crippen LogP contribution in [0.5, 0.6) is 0 Å². The van der Waals surface area contributed by atoms with E-state index in [-0.39, 0.29) is 30.8 Å². The number of amides is 2. The van der Waals surface area contributed by atoms with Gasteiger partial charge in [-0.3, -0.25) is 19.8 Å². The van der Waals surface area contributed by atoms with E-state index in [1.165, 1.54) is 6.92 Å². The molecule has 1 aromatic heterocycles. The number of cyclic esters (lactones) is 1. The molecule has 1 aromatic carbocycles. The van der Waals surface area contributed by atoms with Crippen molar-refractivity contribution < 1.29 is 52.8 Å². The SMILES string of the molecule is CC[C@H]1OC(=O)[C@H](C)C(=O)[C@H](C)[C@@H](O[C@@H]2O[C@H](C)C[C@H](N(C)C)[C@H]2O)[C@](C)(OC(=O)NN(CC)CCc2ccc(-c3ncccn3)cc2)C[C@@H](C)C(=O)[C@H](C)[C@H]2NC(=O)O[C@@]21C. The van der Waals surface area contributed by atoms with Crippen LogP contribution in [0.3, 0.4) is 0 Å². The molecule has 13 atom stereocenters. The number of ketones is 2. The molecule has 3 aliphatic rings. The number of aliphatic hydroxyl groups is 1. The summed E-state index contributed by atoms with van der Waals surface area (Å²) in [5.74, 6) is -5.38. The molecule has 17 nitrogen and oxygen atoms in total. The first-order valence-electron chi connectivity index (χ1n) is 21.8. The standard InChI is InChI=1S/C45H66N6O11/c1-12-33-45(9)37(48-42(56)62-45)27(5)34(52)25(3)24-44(8,61-43(57)49-51(13-2)22-19-30-15-17-31(18-16-30)39-46-20-14-21-47-39)38(28(6)35(53)29(7)40(55)59-33)60-41-36(54)32(50(10)11)23-26(4)58-41/h14-18,20-21,25-29,32-33,36-38,41,54H,12-13,19,22-24H2,1-11H3,(H,48,56)(H,49,57)/t25-,26-,27+,28+,29-,32+,33-,36-,37-,38-,41+,44-,45-/m1/s1. The summed E-state index contributed by atoms with van der Waals surface area (Å²) in [6.45, 7) is 15.8. The predicted molar refractivity (Wildman–Crippen MR) is 227 cm³/mol. The van der Waals surface area contributed by atoms with Crippen LogP contribution in [0.2, 0.25) is 0 Å². The van der Waals surface area contributed by atoms with Crippen LogP contribution in [0.25, 0.3) is 11.4 Å². The number of aliphatic hydroxyl groups excluding tert-OH is 1. The summed E-state index contributed by atoms with van der Waals surface area (Å²) < 4.78 is 30.9. The first-order chi connectivity index (χ1) is 29.2. The van der Waals surface area contributed by atoms with Gasteiger partial charge in [-0.1, -0.05) is 58.9 Å². The molecule has 2 amide bonds. The number of Topliss-reactive ketones (excluding diaryl/α,β-unsaturated/α-hetero) is 2. The van der Waals surface area contributed by atoms with Crippen LogP contribution in [0.1, 0.15) is 87.1 Å². The van der Waals surface area contributed by atoms with E-state index in [0.29, 0.717) is 31.8 Å². The lowest BCUT2D eigenvalue weighted by atomic mass is 9.73. The second-order valence-electron chi connectivity index (χ2n) is 17.8. The van der Waals surface area contributed by atoms with Crippen LogP contribution in [0.4, 0.5) is 9.59 Å². The van der Waals surface area contributed by atoms with E-state index in [9.17, 15) is 29.1 Å². The molecule has 342 valence electrons. The number of hydrogen-bond donors (Lipinski definition) is 3. The Bertz CT molecular complexity index is 1890. The highest BCUT2D eigenvalue weighted by molar-refractivity contribution is 6.00. The summed E-state index contributed by atoms with van der Waals surface area (Å²) in [6.07, 6.45) is -2.34. The lowest BCUT2D eigenvalue weighted by Crippen LogP contribution is -2.61. The van der Waals surface area contributed by atoms with Crippen LogP contribution >= 0.6 is 0 Å². The zero-order valence-electron chi connectivity index (χ0n) is 38.0. The van der Waals surface area contributed by atoms with E-state index in [1.54, 1.807) is 65.0 Å². The van der Waals surface area contributed by atoms with Crippen LogP contribution in [0.15, 0.2) is 42.7 Å². The number of aromatic nitrogens is 2. The van der Waals surface area contributed by atoms with Gasteiger partial charge in [-0.15, -0.1) is 0 Å². The number of hydrogen-bond acceptors (Lipinski definition) is 15. The van der Waals surface area contributed by atoms with E-state index >= 15 is 0 Å². The zero-order valence-corrected chi connectivity index (χ0v) is 38.0. The van der Waals surface area contributed by atoms with Crippen molar-refractivity contribution in [3.05, 3.63) is 48.3 Å². The maximum Gasteiger partial charge on any atom is 0.422 e. The number of hydrazine groups is 1. The maximum atomic E-state index is 14.5. The molecule has 3 fully saturated rings. The summed E-state index contributed by atoms with van der Waals surface area (Å²) in [7, 11) is 3.66. The average Bonchev–Trinajstić information content (AvgIpc) is 3.56. The van der Waals surface area contributed by atoms with Gasteiger partial charge in [0.2, 0.25) is 0 Å². The van der Waals surface area contributed by atoms with Gasteiger partial charge in [-0.25, -0.2) is 24.6 Å². The fourth-order valence-corrected chi connectivity index (χ4v) is 9.27. The molecule has 4 heterocycles. The van der Waals surface area contributed by atoms with Crippen molar-refractivity contribution in [3.8, 4) is 11.4 Å². The highest BCUT2D eigenvalue weighted by Gasteiger charge is 2.57. The average molecular weight is 867 g/mol. The van der Waals surface area contributed by atoms with Crippen molar-refractivity contribution in [1.29, 1.82) is 0 Å².